The maximum absolute atomic E-state index is 13.7. The summed E-state index contributed by atoms with van der Waals surface area (Å²) in [7, 11) is 0. The van der Waals surface area contributed by atoms with Gasteiger partial charge in [0.05, 0.1) is 14.2 Å². The highest BCUT2D eigenvalue weighted by Crippen LogP contribution is 2.42. The largest absolute Gasteiger partial charge is 0.207 e. The average molecular weight is 419 g/mol. The Morgan fingerprint density at radius 1 is 1.29 bits per heavy atom. The van der Waals surface area contributed by atoms with Gasteiger partial charge in [-0.05, 0) is 34.1 Å². The van der Waals surface area contributed by atoms with Crippen molar-refractivity contribution in [3.05, 3.63) is 53.8 Å². The second kappa shape index (κ2) is 5.57. The van der Waals surface area contributed by atoms with E-state index < -0.39 is 5.38 Å². The van der Waals surface area contributed by atoms with Gasteiger partial charge in [0.1, 0.15) is 5.82 Å². The lowest BCUT2D eigenvalue weighted by molar-refractivity contribution is 0.611. The molecule has 1 aromatic carbocycles. The van der Waals surface area contributed by atoms with Crippen molar-refractivity contribution in [3.63, 3.8) is 0 Å². The molecule has 1 unspecified atom stereocenters. The Morgan fingerprint density at radius 2 is 2.00 bits per heavy atom. The van der Waals surface area contributed by atoms with Gasteiger partial charge in [0.25, 0.3) is 0 Å². The Bertz CT molecular complexity index is 517. The monoisotopic (exact) mass is 416 g/mol. The van der Waals surface area contributed by atoms with Crippen LogP contribution < -0.4 is 0 Å². The van der Waals surface area contributed by atoms with Crippen molar-refractivity contribution in [2.75, 3.05) is 0 Å². The zero-order valence-corrected chi connectivity index (χ0v) is 13.7. The van der Waals surface area contributed by atoms with Crippen molar-refractivity contribution in [1.82, 2.24) is 0 Å². The molecule has 90 valence electrons. The highest BCUT2D eigenvalue weighted by atomic mass is 79.9. The molecule has 1 heterocycles. The van der Waals surface area contributed by atoms with Crippen LogP contribution in [0.15, 0.2) is 32.5 Å². The molecule has 0 fully saturated rings. The number of hydrogen-bond acceptors (Lipinski definition) is 1. The van der Waals surface area contributed by atoms with Gasteiger partial charge in [-0.2, -0.15) is 0 Å². The van der Waals surface area contributed by atoms with Crippen molar-refractivity contribution in [1.29, 1.82) is 0 Å². The molecule has 1 aromatic heterocycles. The molecule has 0 bridgehead atoms. The molecule has 0 nitrogen and oxygen atoms in total. The molecule has 0 N–H and O–H groups in total. The first-order valence-electron chi connectivity index (χ1n) is 4.53. The predicted octanol–water partition coefficient (Wildman–Crippen LogP) is 6.39. The van der Waals surface area contributed by atoms with Crippen molar-refractivity contribution >= 4 is 66.4 Å². The fourth-order valence-electron chi connectivity index (χ4n) is 1.38. The third-order valence-electron chi connectivity index (χ3n) is 2.17. The topological polar surface area (TPSA) is 0 Å². The Balaban J connectivity index is 2.47. The average Bonchev–Trinajstić information content (AvgIpc) is 2.59. The first-order chi connectivity index (χ1) is 8.00. The SMILES string of the molecule is Fc1cccc(Br)c1C(Cl)c1cc(Cl)c(Br)s1. The lowest BCUT2D eigenvalue weighted by Gasteiger charge is -2.10. The molecule has 0 saturated heterocycles. The fraction of sp³-hybridized carbons (Fsp3) is 0.0909. The summed E-state index contributed by atoms with van der Waals surface area (Å²) in [5, 5.41) is 0.0301. The Morgan fingerprint density at radius 3 is 2.53 bits per heavy atom. The molecule has 0 amide bonds. The zero-order valence-electron chi connectivity index (χ0n) is 8.18. The molecular weight excluding hydrogens is 414 g/mol. The summed E-state index contributed by atoms with van der Waals surface area (Å²) >= 11 is 20.3. The van der Waals surface area contributed by atoms with Gasteiger partial charge in [0.15, 0.2) is 0 Å². The van der Waals surface area contributed by atoms with Gasteiger partial charge in [0.2, 0.25) is 0 Å². The molecule has 0 aliphatic rings. The smallest absolute Gasteiger partial charge is 0.129 e. The third kappa shape index (κ3) is 2.87. The number of alkyl halides is 1. The van der Waals surface area contributed by atoms with Crippen LogP contribution in [0.2, 0.25) is 5.02 Å². The van der Waals surface area contributed by atoms with E-state index in [0.717, 1.165) is 8.66 Å². The van der Waals surface area contributed by atoms with E-state index in [1.54, 1.807) is 18.2 Å². The van der Waals surface area contributed by atoms with Gasteiger partial charge in [-0.3, -0.25) is 0 Å². The maximum Gasteiger partial charge on any atom is 0.129 e. The van der Waals surface area contributed by atoms with Gasteiger partial charge in [0, 0.05) is 14.9 Å². The second-order valence-corrected chi connectivity index (χ2v) is 7.37. The lowest BCUT2D eigenvalue weighted by atomic mass is 10.1. The van der Waals surface area contributed by atoms with Crippen LogP contribution >= 0.6 is 66.4 Å². The van der Waals surface area contributed by atoms with Crippen LogP contribution in [0.25, 0.3) is 0 Å². The first-order valence-corrected chi connectivity index (χ1v) is 7.75. The molecule has 1 atom stereocenters. The van der Waals surface area contributed by atoms with E-state index in [1.807, 2.05) is 0 Å². The van der Waals surface area contributed by atoms with E-state index in [-0.39, 0.29) is 5.82 Å². The number of thiophene rings is 1. The van der Waals surface area contributed by atoms with Crippen molar-refractivity contribution in [2.24, 2.45) is 0 Å². The summed E-state index contributed by atoms with van der Waals surface area (Å²) in [5.41, 5.74) is 0.430. The second-order valence-electron chi connectivity index (χ2n) is 3.27. The summed E-state index contributed by atoms with van der Waals surface area (Å²) in [6.07, 6.45) is 0. The minimum Gasteiger partial charge on any atom is -0.207 e. The molecule has 2 aromatic rings. The van der Waals surface area contributed by atoms with E-state index >= 15 is 0 Å². The van der Waals surface area contributed by atoms with E-state index in [1.165, 1.54) is 17.4 Å². The summed E-state index contributed by atoms with van der Waals surface area (Å²) < 4.78 is 15.2. The van der Waals surface area contributed by atoms with Crippen LogP contribution in [-0.4, -0.2) is 0 Å². The first kappa shape index (κ1) is 13.8. The molecule has 0 radical (unpaired) electrons. The Labute approximate surface area is 129 Å². The van der Waals surface area contributed by atoms with Crippen LogP contribution in [0.3, 0.4) is 0 Å². The van der Waals surface area contributed by atoms with E-state index in [4.69, 9.17) is 23.2 Å². The zero-order chi connectivity index (χ0) is 12.6. The van der Waals surface area contributed by atoms with Gasteiger partial charge in [-0.15, -0.1) is 22.9 Å². The van der Waals surface area contributed by atoms with Crippen molar-refractivity contribution < 1.29 is 4.39 Å². The predicted molar refractivity (Wildman–Crippen MR) is 78.8 cm³/mol. The van der Waals surface area contributed by atoms with Crippen LogP contribution in [0.4, 0.5) is 4.39 Å². The van der Waals surface area contributed by atoms with Crippen LogP contribution in [0, 0.1) is 5.82 Å². The standard InChI is InChI=1S/C11H5Br2Cl2FS/c12-5-2-1-3-7(16)9(5)10(15)8-4-6(14)11(13)17-8/h1-4,10H. The van der Waals surface area contributed by atoms with Crippen molar-refractivity contribution in [2.45, 2.75) is 5.38 Å². The molecule has 17 heavy (non-hydrogen) atoms. The van der Waals surface area contributed by atoms with E-state index in [0.29, 0.717) is 15.1 Å². The van der Waals surface area contributed by atoms with Crippen LogP contribution in [0.5, 0.6) is 0 Å². The molecule has 0 spiro atoms. The quantitative estimate of drug-likeness (QED) is 0.495. The summed E-state index contributed by atoms with van der Waals surface area (Å²) in [6.45, 7) is 0. The normalized spacial score (nSPS) is 12.8. The van der Waals surface area contributed by atoms with E-state index in [2.05, 4.69) is 31.9 Å². The molecule has 0 aliphatic heterocycles. The summed E-state index contributed by atoms with van der Waals surface area (Å²) in [6, 6.07) is 6.52. The highest BCUT2D eigenvalue weighted by molar-refractivity contribution is 9.11. The Hall–Kier alpha value is 0.390. The molecule has 6 heteroatoms. The fourth-order valence-corrected chi connectivity index (χ4v) is 4.24. The molecule has 0 aliphatic carbocycles. The Kier molecular flexibility index (Phi) is 4.53. The summed E-state index contributed by atoms with van der Waals surface area (Å²) in [5.74, 6) is -0.333. The lowest BCUT2D eigenvalue weighted by Crippen LogP contribution is -1.96. The number of rotatable bonds is 2. The molecule has 2 rings (SSSR count). The number of benzene rings is 1. The highest BCUT2D eigenvalue weighted by Gasteiger charge is 2.21. The molecular formula is C11H5Br2Cl2FS. The van der Waals surface area contributed by atoms with Gasteiger partial charge in [-0.25, -0.2) is 4.39 Å². The van der Waals surface area contributed by atoms with E-state index in [9.17, 15) is 4.39 Å². The van der Waals surface area contributed by atoms with Gasteiger partial charge >= 0.3 is 0 Å². The van der Waals surface area contributed by atoms with Crippen LogP contribution in [-0.2, 0) is 0 Å². The van der Waals surface area contributed by atoms with Crippen molar-refractivity contribution in [3.8, 4) is 0 Å². The van der Waals surface area contributed by atoms with Gasteiger partial charge < -0.3 is 0 Å². The summed E-state index contributed by atoms with van der Waals surface area (Å²) in [4.78, 5) is 0.800. The maximum atomic E-state index is 13.7. The number of hydrogen-bond donors (Lipinski definition) is 0. The van der Waals surface area contributed by atoms with Crippen LogP contribution in [0.1, 0.15) is 15.8 Å². The minimum atomic E-state index is -0.556. The minimum absolute atomic E-state index is 0.333. The third-order valence-corrected chi connectivity index (χ3v) is 5.98. The van der Waals surface area contributed by atoms with Gasteiger partial charge in [-0.1, -0.05) is 33.6 Å². The number of halogens is 5. The molecule has 0 saturated carbocycles.